The maximum atomic E-state index is 12.1. The number of rotatable bonds is 2. The second-order valence-corrected chi connectivity index (χ2v) is 4.37. The number of aryl methyl sites for hydroxylation is 1. The molecule has 0 saturated carbocycles. The zero-order valence-corrected chi connectivity index (χ0v) is 10.8. The van der Waals surface area contributed by atoms with Gasteiger partial charge in [-0.05, 0) is 43.2 Å². The van der Waals surface area contributed by atoms with E-state index < -0.39 is 11.7 Å². The number of carbonyl (C=O) groups excluding carboxylic acids is 1. The molecule has 4 nitrogen and oxygen atoms in total. The molecule has 0 spiro atoms. The molecule has 0 radical (unpaired) electrons. The minimum absolute atomic E-state index is 0.0425. The lowest BCUT2D eigenvalue weighted by Gasteiger charge is -2.11. The number of phenols is 2. The molecule has 0 fully saturated rings. The van der Waals surface area contributed by atoms with E-state index in [4.69, 9.17) is 0 Å². The highest BCUT2D eigenvalue weighted by Gasteiger charge is 2.14. The van der Waals surface area contributed by atoms with Gasteiger partial charge in [0.25, 0.3) is 5.91 Å². The summed E-state index contributed by atoms with van der Waals surface area (Å²) in [6.45, 7) is 3.87. The standard InChI is InChI=1S/C15H15NO3/c1-9-5-3-7-12(10(9)2)16-15(19)11-6-4-8-13(17)14(11)18/h3-8,17-18H,1-2H3,(H,16,19). The molecule has 0 unspecified atom stereocenters. The zero-order chi connectivity index (χ0) is 14.0. The van der Waals surface area contributed by atoms with Crippen molar-refractivity contribution in [2.45, 2.75) is 13.8 Å². The lowest BCUT2D eigenvalue weighted by atomic mass is 10.1. The van der Waals surface area contributed by atoms with Gasteiger partial charge < -0.3 is 15.5 Å². The summed E-state index contributed by atoms with van der Waals surface area (Å²) < 4.78 is 0. The summed E-state index contributed by atoms with van der Waals surface area (Å²) in [7, 11) is 0. The highest BCUT2D eigenvalue weighted by atomic mass is 16.3. The van der Waals surface area contributed by atoms with E-state index in [1.54, 1.807) is 6.07 Å². The first-order valence-corrected chi connectivity index (χ1v) is 5.89. The first kappa shape index (κ1) is 13.0. The number of hydrogen-bond acceptors (Lipinski definition) is 3. The molecule has 1 amide bonds. The van der Waals surface area contributed by atoms with Crippen molar-refractivity contribution in [2.75, 3.05) is 5.32 Å². The van der Waals surface area contributed by atoms with Crippen LogP contribution in [0.2, 0.25) is 0 Å². The average molecular weight is 257 g/mol. The van der Waals surface area contributed by atoms with Crippen LogP contribution in [0.3, 0.4) is 0 Å². The molecule has 0 aromatic heterocycles. The molecule has 0 bridgehead atoms. The van der Waals surface area contributed by atoms with Crippen LogP contribution in [0.5, 0.6) is 11.5 Å². The molecule has 0 aliphatic rings. The van der Waals surface area contributed by atoms with Crippen LogP contribution in [0.4, 0.5) is 5.69 Å². The Kier molecular flexibility index (Phi) is 3.42. The Bertz CT molecular complexity index is 635. The highest BCUT2D eigenvalue weighted by Crippen LogP contribution is 2.29. The Morgan fingerprint density at radius 3 is 2.47 bits per heavy atom. The van der Waals surface area contributed by atoms with Crippen LogP contribution in [0.15, 0.2) is 36.4 Å². The molecular formula is C15H15NO3. The van der Waals surface area contributed by atoms with E-state index >= 15 is 0 Å². The van der Waals surface area contributed by atoms with Crippen LogP contribution in [-0.2, 0) is 0 Å². The van der Waals surface area contributed by atoms with E-state index in [1.165, 1.54) is 18.2 Å². The third-order valence-electron chi connectivity index (χ3n) is 3.11. The molecule has 4 heteroatoms. The van der Waals surface area contributed by atoms with E-state index in [2.05, 4.69) is 5.32 Å². The molecule has 19 heavy (non-hydrogen) atoms. The van der Waals surface area contributed by atoms with Crippen molar-refractivity contribution in [3.63, 3.8) is 0 Å². The van der Waals surface area contributed by atoms with Crippen molar-refractivity contribution in [3.8, 4) is 11.5 Å². The van der Waals surface area contributed by atoms with Crippen molar-refractivity contribution >= 4 is 11.6 Å². The third kappa shape index (κ3) is 2.52. The summed E-state index contributed by atoms with van der Waals surface area (Å²) in [4.78, 5) is 12.1. The van der Waals surface area contributed by atoms with Gasteiger partial charge in [0.2, 0.25) is 0 Å². The number of hydrogen-bond donors (Lipinski definition) is 3. The van der Waals surface area contributed by atoms with Gasteiger partial charge in [-0.15, -0.1) is 0 Å². The average Bonchev–Trinajstić information content (AvgIpc) is 2.38. The van der Waals surface area contributed by atoms with Crippen molar-refractivity contribution in [1.29, 1.82) is 0 Å². The quantitative estimate of drug-likeness (QED) is 0.724. The number of carbonyl (C=O) groups is 1. The van der Waals surface area contributed by atoms with Crippen LogP contribution < -0.4 is 5.32 Å². The highest BCUT2D eigenvalue weighted by molar-refractivity contribution is 6.07. The maximum absolute atomic E-state index is 12.1. The molecule has 0 saturated heterocycles. The number of benzene rings is 2. The van der Waals surface area contributed by atoms with Crippen LogP contribution >= 0.6 is 0 Å². The third-order valence-corrected chi connectivity index (χ3v) is 3.11. The zero-order valence-electron chi connectivity index (χ0n) is 10.8. The first-order chi connectivity index (χ1) is 9.00. The van der Waals surface area contributed by atoms with Crippen LogP contribution in [0, 0.1) is 13.8 Å². The lowest BCUT2D eigenvalue weighted by Crippen LogP contribution is -2.13. The summed E-state index contributed by atoms with van der Waals surface area (Å²) in [6.07, 6.45) is 0. The summed E-state index contributed by atoms with van der Waals surface area (Å²) in [5, 5.41) is 21.8. The van der Waals surface area contributed by atoms with Gasteiger partial charge >= 0.3 is 0 Å². The van der Waals surface area contributed by atoms with E-state index in [9.17, 15) is 15.0 Å². The van der Waals surface area contributed by atoms with Gasteiger partial charge in [-0.3, -0.25) is 4.79 Å². The number of aromatic hydroxyl groups is 2. The maximum Gasteiger partial charge on any atom is 0.259 e. The van der Waals surface area contributed by atoms with Crippen LogP contribution in [-0.4, -0.2) is 16.1 Å². The Morgan fingerprint density at radius 1 is 1.05 bits per heavy atom. The summed E-state index contributed by atoms with van der Waals surface area (Å²) in [5.41, 5.74) is 2.77. The normalized spacial score (nSPS) is 10.2. The van der Waals surface area contributed by atoms with Crippen molar-refractivity contribution < 1.29 is 15.0 Å². The van der Waals surface area contributed by atoms with E-state index in [0.29, 0.717) is 5.69 Å². The lowest BCUT2D eigenvalue weighted by molar-refractivity contribution is 0.102. The fourth-order valence-corrected chi connectivity index (χ4v) is 1.79. The van der Waals surface area contributed by atoms with Gasteiger partial charge in [0, 0.05) is 5.69 Å². The second-order valence-electron chi connectivity index (χ2n) is 4.37. The molecule has 2 aromatic carbocycles. The van der Waals surface area contributed by atoms with Gasteiger partial charge in [-0.25, -0.2) is 0 Å². The first-order valence-electron chi connectivity index (χ1n) is 5.89. The predicted octanol–water partition coefficient (Wildman–Crippen LogP) is 2.97. The van der Waals surface area contributed by atoms with E-state index in [1.807, 2.05) is 26.0 Å². The number of amides is 1. The molecule has 0 atom stereocenters. The molecule has 2 aromatic rings. The molecule has 0 aliphatic carbocycles. The molecule has 0 aliphatic heterocycles. The van der Waals surface area contributed by atoms with Gasteiger partial charge in [0.05, 0.1) is 5.56 Å². The molecular weight excluding hydrogens is 242 g/mol. The van der Waals surface area contributed by atoms with Crippen LogP contribution in [0.1, 0.15) is 21.5 Å². The Balaban J connectivity index is 2.31. The number of anilines is 1. The fourth-order valence-electron chi connectivity index (χ4n) is 1.79. The fraction of sp³-hybridized carbons (Fsp3) is 0.133. The van der Waals surface area contributed by atoms with Crippen molar-refractivity contribution in [3.05, 3.63) is 53.1 Å². The van der Waals surface area contributed by atoms with Crippen molar-refractivity contribution in [1.82, 2.24) is 0 Å². The Hall–Kier alpha value is -2.49. The van der Waals surface area contributed by atoms with E-state index in [-0.39, 0.29) is 11.3 Å². The summed E-state index contributed by atoms with van der Waals surface area (Å²) >= 11 is 0. The van der Waals surface area contributed by atoms with Gasteiger partial charge in [0.1, 0.15) is 0 Å². The minimum Gasteiger partial charge on any atom is -0.504 e. The monoisotopic (exact) mass is 257 g/mol. The molecule has 0 heterocycles. The Labute approximate surface area is 111 Å². The number of nitrogens with one attached hydrogen (secondary N) is 1. The molecule has 3 N–H and O–H groups in total. The molecule has 98 valence electrons. The number of para-hydroxylation sites is 1. The minimum atomic E-state index is -0.456. The van der Waals surface area contributed by atoms with Crippen molar-refractivity contribution in [2.24, 2.45) is 0 Å². The van der Waals surface area contributed by atoms with Gasteiger partial charge in [0.15, 0.2) is 11.5 Å². The second kappa shape index (κ2) is 5.02. The summed E-state index contributed by atoms with van der Waals surface area (Å²) in [6, 6.07) is 9.88. The van der Waals surface area contributed by atoms with Crippen LogP contribution in [0.25, 0.3) is 0 Å². The topological polar surface area (TPSA) is 69.6 Å². The predicted molar refractivity (Wildman–Crippen MR) is 73.6 cm³/mol. The SMILES string of the molecule is Cc1cccc(NC(=O)c2cccc(O)c2O)c1C. The Morgan fingerprint density at radius 2 is 1.74 bits per heavy atom. The molecule has 2 rings (SSSR count). The van der Waals surface area contributed by atoms with Gasteiger partial charge in [-0.2, -0.15) is 0 Å². The van der Waals surface area contributed by atoms with Gasteiger partial charge in [-0.1, -0.05) is 18.2 Å². The number of phenolic OH excluding ortho intramolecular Hbond substituents is 2. The largest absolute Gasteiger partial charge is 0.504 e. The van der Waals surface area contributed by atoms with E-state index in [0.717, 1.165) is 11.1 Å². The smallest absolute Gasteiger partial charge is 0.259 e. The summed E-state index contributed by atoms with van der Waals surface area (Å²) in [5.74, 6) is -1.18.